The molecule has 0 amide bonds. The number of methoxy groups -OCH3 is 1. The minimum absolute atomic E-state index is 0.0699. The zero-order valence-electron chi connectivity index (χ0n) is 14.1. The van der Waals surface area contributed by atoms with Gasteiger partial charge in [0.25, 0.3) is 5.56 Å². The zero-order valence-corrected chi connectivity index (χ0v) is 15.8. The molecule has 0 aliphatic carbocycles. The summed E-state index contributed by atoms with van der Waals surface area (Å²) in [6.07, 6.45) is 1.73. The van der Waals surface area contributed by atoms with Crippen molar-refractivity contribution in [2.24, 2.45) is 7.05 Å². The van der Waals surface area contributed by atoms with Gasteiger partial charge in [0.15, 0.2) is 15.9 Å². The summed E-state index contributed by atoms with van der Waals surface area (Å²) in [5.41, 5.74) is 1.54. The van der Waals surface area contributed by atoms with Crippen molar-refractivity contribution in [3.05, 3.63) is 58.0 Å². The van der Waals surface area contributed by atoms with E-state index in [1.54, 1.807) is 23.8 Å². The van der Waals surface area contributed by atoms with Gasteiger partial charge in [-0.3, -0.25) is 9.20 Å². The second-order valence-corrected chi connectivity index (χ2v) is 7.31. The number of ether oxygens (including phenoxy) is 1. The van der Waals surface area contributed by atoms with Gasteiger partial charge in [0, 0.05) is 30.4 Å². The van der Waals surface area contributed by atoms with Gasteiger partial charge in [-0.1, -0.05) is 23.9 Å². The number of aromatic nitrogens is 5. The van der Waals surface area contributed by atoms with Crippen LogP contribution in [-0.4, -0.2) is 31.3 Å². The molecule has 0 atom stereocenters. The van der Waals surface area contributed by atoms with Crippen molar-refractivity contribution in [1.82, 2.24) is 24.1 Å². The van der Waals surface area contributed by atoms with Crippen molar-refractivity contribution in [3.8, 4) is 17.1 Å². The van der Waals surface area contributed by atoms with E-state index in [-0.39, 0.29) is 5.56 Å². The van der Waals surface area contributed by atoms with E-state index in [1.807, 2.05) is 41.3 Å². The van der Waals surface area contributed by atoms with Gasteiger partial charge in [0.05, 0.1) is 18.4 Å². The maximum Gasteiger partial charge on any atom is 0.258 e. The summed E-state index contributed by atoms with van der Waals surface area (Å²) in [5.74, 6) is 2.02. The number of thioether (sulfide) groups is 1. The second kappa shape index (κ2) is 6.93. The van der Waals surface area contributed by atoms with Crippen LogP contribution in [0.1, 0.15) is 5.69 Å². The molecule has 1 aromatic carbocycles. The van der Waals surface area contributed by atoms with Crippen LogP contribution < -0.4 is 10.3 Å². The third kappa shape index (κ3) is 2.99. The van der Waals surface area contributed by atoms with Crippen molar-refractivity contribution in [1.29, 1.82) is 0 Å². The molecule has 4 aromatic rings. The lowest BCUT2D eigenvalue weighted by Crippen LogP contribution is -2.12. The molecule has 0 spiro atoms. The molecule has 0 aliphatic heterocycles. The highest BCUT2D eigenvalue weighted by Gasteiger charge is 2.15. The van der Waals surface area contributed by atoms with Gasteiger partial charge in [-0.05, 0) is 12.1 Å². The Hall–Kier alpha value is -2.65. The van der Waals surface area contributed by atoms with Crippen LogP contribution in [0.25, 0.3) is 16.3 Å². The Balaban J connectivity index is 1.59. The lowest BCUT2D eigenvalue weighted by Gasteiger charge is -2.08. The van der Waals surface area contributed by atoms with E-state index in [2.05, 4.69) is 15.2 Å². The molecule has 0 fully saturated rings. The van der Waals surface area contributed by atoms with E-state index in [0.717, 1.165) is 28.0 Å². The molecule has 26 heavy (non-hydrogen) atoms. The molecule has 0 aliphatic rings. The Kier molecular flexibility index (Phi) is 4.48. The lowest BCUT2D eigenvalue weighted by molar-refractivity contribution is 0.416. The molecular formula is C17H15N5O2S2. The zero-order chi connectivity index (χ0) is 18.1. The van der Waals surface area contributed by atoms with Crippen LogP contribution in [0.2, 0.25) is 0 Å². The first-order valence-corrected chi connectivity index (χ1v) is 9.65. The first-order chi connectivity index (χ1) is 12.7. The number of fused-ring (bicyclic) bond motifs is 1. The monoisotopic (exact) mass is 385 g/mol. The van der Waals surface area contributed by atoms with Crippen LogP contribution in [0.3, 0.4) is 0 Å². The Labute approximate surface area is 157 Å². The van der Waals surface area contributed by atoms with Gasteiger partial charge in [-0.15, -0.1) is 21.5 Å². The Morgan fingerprint density at radius 3 is 2.96 bits per heavy atom. The van der Waals surface area contributed by atoms with E-state index in [1.165, 1.54) is 23.1 Å². The molecule has 0 saturated heterocycles. The number of para-hydroxylation sites is 1. The molecule has 0 unspecified atom stereocenters. The van der Waals surface area contributed by atoms with Crippen molar-refractivity contribution in [3.63, 3.8) is 0 Å². The molecule has 0 saturated carbocycles. The Morgan fingerprint density at radius 2 is 2.12 bits per heavy atom. The fraction of sp³-hybridized carbons (Fsp3) is 0.176. The number of hydrogen-bond acceptors (Lipinski definition) is 7. The summed E-state index contributed by atoms with van der Waals surface area (Å²) < 4.78 is 8.86. The first kappa shape index (κ1) is 16.8. The highest BCUT2D eigenvalue weighted by molar-refractivity contribution is 7.98. The van der Waals surface area contributed by atoms with Gasteiger partial charge < -0.3 is 9.30 Å². The van der Waals surface area contributed by atoms with Crippen molar-refractivity contribution < 1.29 is 4.74 Å². The van der Waals surface area contributed by atoms with Gasteiger partial charge in [-0.2, -0.15) is 0 Å². The fourth-order valence-electron chi connectivity index (χ4n) is 2.60. The highest BCUT2D eigenvalue weighted by Crippen LogP contribution is 2.30. The quantitative estimate of drug-likeness (QED) is 0.492. The lowest BCUT2D eigenvalue weighted by atomic mass is 10.2. The van der Waals surface area contributed by atoms with Crippen molar-refractivity contribution in [2.75, 3.05) is 7.11 Å². The van der Waals surface area contributed by atoms with Gasteiger partial charge in [0.1, 0.15) is 5.75 Å². The summed E-state index contributed by atoms with van der Waals surface area (Å²) in [4.78, 5) is 17.3. The Bertz CT molecular complexity index is 1130. The van der Waals surface area contributed by atoms with Crippen LogP contribution in [0.4, 0.5) is 0 Å². The molecule has 0 bridgehead atoms. The molecule has 3 aromatic heterocycles. The summed E-state index contributed by atoms with van der Waals surface area (Å²) in [7, 11) is 3.55. The van der Waals surface area contributed by atoms with Gasteiger partial charge in [-0.25, -0.2) is 4.98 Å². The average Bonchev–Trinajstić information content (AvgIpc) is 3.27. The molecule has 9 heteroatoms. The summed E-state index contributed by atoms with van der Waals surface area (Å²) >= 11 is 2.93. The van der Waals surface area contributed by atoms with Crippen LogP contribution in [0.5, 0.6) is 5.75 Å². The summed E-state index contributed by atoms with van der Waals surface area (Å²) in [5, 5.41) is 11.2. The van der Waals surface area contributed by atoms with E-state index in [0.29, 0.717) is 10.7 Å². The minimum Gasteiger partial charge on any atom is -0.496 e. The van der Waals surface area contributed by atoms with Crippen LogP contribution in [-0.2, 0) is 12.8 Å². The summed E-state index contributed by atoms with van der Waals surface area (Å²) in [6, 6.07) is 9.26. The van der Waals surface area contributed by atoms with Crippen LogP contribution >= 0.6 is 23.1 Å². The third-order valence-corrected chi connectivity index (χ3v) is 5.70. The first-order valence-electron chi connectivity index (χ1n) is 7.78. The van der Waals surface area contributed by atoms with E-state index < -0.39 is 0 Å². The second-order valence-electron chi connectivity index (χ2n) is 5.50. The van der Waals surface area contributed by atoms with E-state index in [9.17, 15) is 4.79 Å². The standard InChI is InChI=1S/C17H15N5O2S2/c1-21-15(12-5-3-4-6-13(12)24-2)19-20-17(21)26-10-11-9-14(23)22-7-8-25-16(22)18-11/h3-9H,10H2,1-2H3. The smallest absolute Gasteiger partial charge is 0.258 e. The molecule has 3 heterocycles. The number of benzene rings is 1. The number of nitrogens with zero attached hydrogens (tertiary/aromatic N) is 5. The number of thiazole rings is 1. The maximum atomic E-state index is 12.1. The third-order valence-electron chi connectivity index (χ3n) is 3.89. The van der Waals surface area contributed by atoms with E-state index in [4.69, 9.17) is 4.74 Å². The van der Waals surface area contributed by atoms with Gasteiger partial charge >= 0.3 is 0 Å². The largest absolute Gasteiger partial charge is 0.496 e. The van der Waals surface area contributed by atoms with Crippen molar-refractivity contribution >= 4 is 28.1 Å². The van der Waals surface area contributed by atoms with E-state index >= 15 is 0 Å². The topological polar surface area (TPSA) is 74.3 Å². The molecule has 4 rings (SSSR count). The predicted octanol–water partition coefficient (Wildman–Crippen LogP) is 2.85. The Morgan fingerprint density at radius 1 is 1.27 bits per heavy atom. The molecule has 0 radical (unpaired) electrons. The van der Waals surface area contributed by atoms with Gasteiger partial charge in [0.2, 0.25) is 0 Å². The summed E-state index contributed by atoms with van der Waals surface area (Å²) in [6.45, 7) is 0. The van der Waals surface area contributed by atoms with Crippen LogP contribution in [0, 0.1) is 0 Å². The SMILES string of the molecule is COc1ccccc1-c1nnc(SCc2cc(=O)n3ccsc3n2)n1C. The maximum absolute atomic E-state index is 12.1. The highest BCUT2D eigenvalue weighted by atomic mass is 32.2. The molecule has 0 N–H and O–H groups in total. The number of hydrogen-bond donors (Lipinski definition) is 0. The minimum atomic E-state index is -0.0699. The average molecular weight is 385 g/mol. The van der Waals surface area contributed by atoms with Crippen LogP contribution in [0.15, 0.2) is 51.9 Å². The fourth-order valence-corrected chi connectivity index (χ4v) is 4.15. The number of rotatable bonds is 5. The van der Waals surface area contributed by atoms with Crippen molar-refractivity contribution in [2.45, 2.75) is 10.9 Å². The molecule has 132 valence electrons. The predicted molar refractivity (Wildman–Crippen MR) is 102 cm³/mol. The molecule has 7 nitrogen and oxygen atoms in total. The normalized spacial score (nSPS) is 11.2. The molecular weight excluding hydrogens is 370 g/mol.